The van der Waals surface area contributed by atoms with Crippen LogP contribution >= 0.6 is 0 Å². The van der Waals surface area contributed by atoms with Gasteiger partial charge in [-0.1, -0.05) is 25.1 Å². The number of ether oxygens (including phenoxy) is 3. The van der Waals surface area contributed by atoms with Crippen LogP contribution in [-0.2, 0) is 4.74 Å². The Kier molecular flexibility index (Phi) is 6.76. The molecule has 0 saturated heterocycles. The number of anilines is 1. The number of benzene rings is 2. The third-order valence-corrected chi connectivity index (χ3v) is 4.68. The Labute approximate surface area is 166 Å². The number of nitrogens with zero attached hydrogens (tertiary/aromatic N) is 1. The largest absolute Gasteiger partial charge is 0.493 e. The van der Waals surface area contributed by atoms with Gasteiger partial charge in [-0.2, -0.15) is 0 Å². The van der Waals surface area contributed by atoms with Gasteiger partial charge < -0.3 is 24.4 Å². The van der Waals surface area contributed by atoms with Gasteiger partial charge in [-0.05, 0) is 43.2 Å². The summed E-state index contributed by atoms with van der Waals surface area (Å²) in [6, 6.07) is 13.4. The summed E-state index contributed by atoms with van der Waals surface area (Å²) in [5.41, 5.74) is 2.50. The maximum absolute atomic E-state index is 13.0. The highest BCUT2D eigenvalue weighted by Crippen LogP contribution is 2.36. The molecule has 1 heterocycles. The van der Waals surface area contributed by atoms with E-state index in [9.17, 15) is 4.79 Å². The lowest BCUT2D eigenvalue weighted by atomic mass is 10.0. The Hall–Kier alpha value is -2.73. The van der Waals surface area contributed by atoms with Crippen molar-refractivity contribution in [1.29, 1.82) is 0 Å². The molecule has 0 saturated carbocycles. The molecule has 2 aromatic carbocycles. The third kappa shape index (κ3) is 4.22. The van der Waals surface area contributed by atoms with Crippen molar-refractivity contribution in [1.82, 2.24) is 4.90 Å². The molecule has 0 spiro atoms. The second-order valence-corrected chi connectivity index (χ2v) is 6.55. The zero-order valence-electron chi connectivity index (χ0n) is 16.7. The Morgan fingerprint density at radius 2 is 1.89 bits per heavy atom. The summed E-state index contributed by atoms with van der Waals surface area (Å²) < 4.78 is 16.6. The summed E-state index contributed by atoms with van der Waals surface area (Å²) in [4.78, 5) is 14.9. The first-order chi connectivity index (χ1) is 13.7. The quantitative estimate of drug-likeness (QED) is 0.660. The number of para-hydroxylation sites is 1. The van der Waals surface area contributed by atoms with Crippen molar-refractivity contribution in [2.75, 3.05) is 38.8 Å². The monoisotopic (exact) mass is 384 g/mol. The summed E-state index contributed by atoms with van der Waals surface area (Å²) in [5, 5.41) is 3.50. The molecule has 1 atom stereocenters. The highest BCUT2D eigenvalue weighted by atomic mass is 16.5. The molecule has 0 bridgehead atoms. The highest BCUT2D eigenvalue weighted by molar-refractivity contribution is 6.01. The van der Waals surface area contributed by atoms with Crippen LogP contribution in [0.1, 0.15) is 42.4 Å². The van der Waals surface area contributed by atoms with E-state index < -0.39 is 0 Å². The predicted octanol–water partition coefficient (Wildman–Crippen LogP) is 4.09. The molecule has 6 heteroatoms. The number of carbonyl (C=O) groups is 1. The van der Waals surface area contributed by atoms with E-state index in [-0.39, 0.29) is 12.1 Å². The number of hydrogen-bond acceptors (Lipinski definition) is 5. The minimum absolute atomic E-state index is 0.0391. The molecular formula is C22H28N2O4. The summed E-state index contributed by atoms with van der Waals surface area (Å²) >= 11 is 0. The van der Waals surface area contributed by atoms with Crippen molar-refractivity contribution >= 4 is 11.6 Å². The molecule has 2 aromatic rings. The number of nitrogens with one attached hydrogen (secondary N) is 1. The SMILES string of the molecule is CCCN1C(=O)c2ccccc2NC1c1ccc(OCCOCC)c(OC)c1. The topological polar surface area (TPSA) is 60.0 Å². The molecule has 1 N–H and O–H groups in total. The van der Waals surface area contributed by atoms with Crippen LogP contribution < -0.4 is 14.8 Å². The Morgan fingerprint density at radius 3 is 2.64 bits per heavy atom. The van der Waals surface area contributed by atoms with Gasteiger partial charge in [0.15, 0.2) is 11.5 Å². The van der Waals surface area contributed by atoms with Crippen LogP contribution in [0.4, 0.5) is 5.69 Å². The number of rotatable bonds is 9. The fourth-order valence-corrected chi connectivity index (χ4v) is 3.36. The van der Waals surface area contributed by atoms with Gasteiger partial charge in [-0.25, -0.2) is 0 Å². The van der Waals surface area contributed by atoms with E-state index in [0.717, 1.165) is 17.7 Å². The number of amides is 1. The van der Waals surface area contributed by atoms with E-state index in [1.807, 2.05) is 54.3 Å². The standard InChI is InChI=1S/C22H28N2O4/c1-4-12-24-21(23-18-9-7-6-8-17(18)22(24)25)16-10-11-19(20(15-16)26-3)28-14-13-27-5-2/h6-11,15,21,23H,4-5,12-14H2,1-3H3. The Bertz CT molecular complexity index is 809. The molecule has 0 radical (unpaired) electrons. The molecule has 28 heavy (non-hydrogen) atoms. The van der Waals surface area contributed by atoms with Crippen LogP contribution in [0.15, 0.2) is 42.5 Å². The van der Waals surface area contributed by atoms with Gasteiger partial charge in [-0.15, -0.1) is 0 Å². The van der Waals surface area contributed by atoms with Crippen LogP contribution in [0.5, 0.6) is 11.5 Å². The van der Waals surface area contributed by atoms with Crippen LogP contribution in [0.25, 0.3) is 0 Å². The molecule has 1 amide bonds. The van der Waals surface area contributed by atoms with Crippen molar-refractivity contribution in [2.24, 2.45) is 0 Å². The first-order valence-electron chi connectivity index (χ1n) is 9.74. The molecule has 1 aliphatic heterocycles. The average Bonchev–Trinajstić information content (AvgIpc) is 2.73. The fraction of sp³-hybridized carbons (Fsp3) is 0.409. The number of fused-ring (bicyclic) bond motifs is 1. The van der Waals surface area contributed by atoms with Crippen molar-refractivity contribution in [3.63, 3.8) is 0 Å². The minimum atomic E-state index is -0.256. The number of carbonyl (C=O) groups excluding carboxylic acids is 1. The molecule has 1 aliphatic rings. The smallest absolute Gasteiger partial charge is 0.257 e. The molecule has 0 aromatic heterocycles. The van der Waals surface area contributed by atoms with Crippen LogP contribution in [-0.4, -0.2) is 44.3 Å². The molecule has 0 fully saturated rings. The summed E-state index contributed by atoms with van der Waals surface area (Å²) in [7, 11) is 1.62. The molecule has 1 unspecified atom stereocenters. The maximum atomic E-state index is 13.0. The van der Waals surface area contributed by atoms with Gasteiger partial charge in [-0.3, -0.25) is 4.79 Å². The van der Waals surface area contributed by atoms with E-state index in [0.29, 0.717) is 43.4 Å². The summed E-state index contributed by atoms with van der Waals surface area (Å²) in [6.45, 7) is 6.34. The molecule has 150 valence electrons. The Balaban J connectivity index is 1.87. The van der Waals surface area contributed by atoms with Gasteiger partial charge in [0, 0.05) is 18.8 Å². The van der Waals surface area contributed by atoms with Crippen LogP contribution in [0, 0.1) is 0 Å². The van der Waals surface area contributed by atoms with Gasteiger partial charge in [0.25, 0.3) is 5.91 Å². The van der Waals surface area contributed by atoms with Crippen molar-refractivity contribution < 1.29 is 19.0 Å². The zero-order chi connectivity index (χ0) is 19.9. The van der Waals surface area contributed by atoms with E-state index in [1.54, 1.807) is 7.11 Å². The highest BCUT2D eigenvalue weighted by Gasteiger charge is 2.32. The second kappa shape index (κ2) is 9.46. The van der Waals surface area contributed by atoms with Crippen molar-refractivity contribution in [3.8, 4) is 11.5 Å². The summed E-state index contributed by atoms with van der Waals surface area (Å²) in [6.07, 6.45) is 0.621. The van der Waals surface area contributed by atoms with Gasteiger partial charge in [0.05, 0.1) is 19.3 Å². The lowest BCUT2D eigenvalue weighted by Crippen LogP contribution is -2.43. The number of methoxy groups -OCH3 is 1. The van der Waals surface area contributed by atoms with Gasteiger partial charge >= 0.3 is 0 Å². The molecule has 6 nitrogen and oxygen atoms in total. The zero-order valence-corrected chi connectivity index (χ0v) is 16.7. The van der Waals surface area contributed by atoms with Crippen LogP contribution in [0.3, 0.4) is 0 Å². The lowest BCUT2D eigenvalue weighted by Gasteiger charge is -2.38. The maximum Gasteiger partial charge on any atom is 0.257 e. The van der Waals surface area contributed by atoms with Crippen molar-refractivity contribution in [2.45, 2.75) is 26.4 Å². The number of hydrogen-bond donors (Lipinski definition) is 1. The normalized spacial score (nSPS) is 15.8. The molecule has 3 rings (SSSR count). The van der Waals surface area contributed by atoms with E-state index >= 15 is 0 Å². The molecular weight excluding hydrogens is 356 g/mol. The van der Waals surface area contributed by atoms with E-state index in [2.05, 4.69) is 12.2 Å². The first-order valence-corrected chi connectivity index (χ1v) is 9.74. The summed E-state index contributed by atoms with van der Waals surface area (Å²) in [5.74, 6) is 1.34. The minimum Gasteiger partial charge on any atom is -0.493 e. The van der Waals surface area contributed by atoms with Gasteiger partial charge in [0.2, 0.25) is 0 Å². The first kappa shape index (κ1) is 20.0. The fourth-order valence-electron chi connectivity index (χ4n) is 3.36. The van der Waals surface area contributed by atoms with E-state index in [1.165, 1.54) is 0 Å². The second-order valence-electron chi connectivity index (χ2n) is 6.55. The Morgan fingerprint density at radius 1 is 1.07 bits per heavy atom. The third-order valence-electron chi connectivity index (χ3n) is 4.68. The average molecular weight is 384 g/mol. The van der Waals surface area contributed by atoms with Crippen LogP contribution in [0.2, 0.25) is 0 Å². The predicted molar refractivity (Wildman–Crippen MR) is 109 cm³/mol. The van der Waals surface area contributed by atoms with E-state index in [4.69, 9.17) is 14.2 Å². The van der Waals surface area contributed by atoms with Gasteiger partial charge in [0.1, 0.15) is 12.8 Å². The molecule has 0 aliphatic carbocycles. The van der Waals surface area contributed by atoms with Crippen molar-refractivity contribution in [3.05, 3.63) is 53.6 Å². The lowest BCUT2D eigenvalue weighted by molar-refractivity contribution is 0.0683.